The van der Waals surface area contributed by atoms with Crippen LogP contribution >= 0.6 is 0 Å². The Morgan fingerprint density at radius 1 is 1.35 bits per heavy atom. The van der Waals surface area contributed by atoms with E-state index >= 15 is 0 Å². The monoisotopic (exact) mass is 274 g/mol. The fraction of sp³-hybridized carbons (Fsp3) is 0.800. The lowest BCUT2D eigenvalue weighted by Crippen LogP contribution is -2.25. The van der Waals surface area contributed by atoms with Gasteiger partial charge in [-0.15, -0.1) is 0 Å². The molecule has 0 saturated heterocycles. The topological polar surface area (TPSA) is 43.4 Å². The maximum atomic E-state index is 12.0. The summed E-state index contributed by atoms with van der Waals surface area (Å²) < 4.78 is 61.5. The molecule has 3 nitrogen and oxygen atoms in total. The third kappa shape index (κ3) is 5.43. The zero-order valence-corrected chi connectivity index (χ0v) is 10.9. The van der Waals surface area contributed by atoms with Crippen molar-refractivity contribution in [1.29, 1.82) is 0 Å². The van der Waals surface area contributed by atoms with E-state index in [0.717, 1.165) is 19.3 Å². The van der Waals surface area contributed by atoms with Crippen molar-refractivity contribution >= 4 is 10.1 Å². The highest BCUT2D eigenvalue weighted by atomic mass is 32.2. The van der Waals surface area contributed by atoms with Crippen LogP contribution in [0.5, 0.6) is 0 Å². The summed E-state index contributed by atoms with van der Waals surface area (Å²) in [5, 5.41) is 0. The number of hydrogen-bond donors (Lipinski definition) is 0. The first kappa shape index (κ1) is 16.3. The number of halogens is 3. The maximum absolute atomic E-state index is 12.0. The van der Waals surface area contributed by atoms with Gasteiger partial charge in [-0.3, -0.25) is 0 Å². The van der Waals surface area contributed by atoms with Gasteiger partial charge in [-0.25, -0.2) is 0 Å². The van der Waals surface area contributed by atoms with Gasteiger partial charge in [-0.05, 0) is 31.8 Å². The molecule has 0 amide bonds. The van der Waals surface area contributed by atoms with Crippen molar-refractivity contribution in [2.75, 3.05) is 0 Å². The molecule has 0 spiro atoms. The highest BCUT2D eigenvalue weighted by Crippen LogP contribution is 2.27. The Morgan fingerprint density at radius 2 is 1.88 bits per heavy atom. The Kier molecular flexibility index (Phi) is 6.01. The molecule has 0 saturated carbocycles. The van der Waals surface area contributed by atoms with Gasteiger partial charge in [0.1, 0.15) is 5.76 Å². The number of allylic oxidation sites excluding steroid dienone is 2. The second-order valence-electron chi connectivity index (χ2n) is 3.72. The Balaban J connectivity index is 4.75. The van der Waals surface area contributed by atoms with E-state index in [1.54, 1.807) is 0 Å². The van der Waals surface area contributed by atoms with Crippen molar-refractivity contribution in [2.45, 2.75) is 45.5 Å². The SMILES string of the molecule is CCCC(/C=C(\C)OS(=O)(=O)C(F)(F)F)CC. The van der Waals surface area contributed by atoms with E-state index in [0.29, 0.717) is 0 Å². The lowest BCUT2D eigenvalue weighted by Gasteiger charge is -2.12. The molecule has 0 rings (SSSR count). The average Bonchev–Trinajstić information content (AvgIpc) is 2.14. The lowest BCUT2D eigenvalue weighted by molar-refractivity contribution is -0.0522. The minimum absolute atomic E-state index is 0.0310. The number of alkyl halides is 3. The van der Waals surface area contributed by atoms with Gasteiger partial charge in [0.25, 0.3) is 0 Å². The van der Waals surface area contributed by atoms with Crippen LogP contribution in [0.2, 0.25) is 0 Å². The Hall–Kier alpha value is -0.720. The molecule has 0 aliphatic rings. The van der Waals surface area contributed by atoms with Crippen molar-refractivity contribution in [1.82, 2.24) is 0 Å². The first-order valence-electron chi connectivity index (χ1n) is 5.33. The molecule has 0 bridgehead atoms. The predicted octanol–water partition coefficient (Wildman–Crippen LogP) is 3.58. The lowest BCUT2D eigenvalue weighted by atomic mass is 10.0. The molecule has 0 radical (unpaired) electrons. The number of rotatable bonds is 6. The van der Waals surface area contributed by atoms with E-state index < -0.39 is 15.6 Å². The second-order valence-corrected chi connectivity index (χ2v) is 5.26. The molecule has 0 aromatic carbocycles. The van der Waals surface area contributed by atoms with E-state index in [4.69, 9.17) is 0 Å². The molecule has 1 unspecified atom stereocenters. The van der Waals surface area contributed by atoms with Crippen LogP contribution in [0, 0.1) is 5.92 Å². The van der Waals surface area contributed by atoms with Gasteiger partial charge in [0.05, 0.1) is 0 Å². The molecule has 0 aliphatic heterocycles. The van der Waals surface area contributed by atoms with Gasteiger partial charge >= 0.3 is 15.6 Å². The van der Waals surface area contributed by atoms with Crippen LogP contribution in [0.1, 0.15) is 40.0 Å². The Bertz CT molecular complexity index is 357. The summed E-state index contributed by atoms with van der Waals surface area (Å²) in [6, 6.07) is 0. The van der Waals surface area contributed by atoms with E-state index in [9.17, 15) is 21.6 Å². The summed E-state index contributed by atoms with van der Waals surface area (Å²) in [6.45, 7) is 5.03. The molecule has 0 N–H and O–H groups in total. The first-order chi connectivity index (χ1) is 7.64. The van der Waals surface area contributed by atoms with Crippen molar-refractivity contribution in [3.63, 3.8) is 0 Å². The minimum Gasteiger partial charge on any atom is -0.381 e. The molecule has 17 heavy (non-hydrogen) atoms. The van der Waals surface area contributed by atoms with Crippen molar-refractivity contribution < 1.29 is 25.8 Å². The quantitative estimate of drug-likeness (QED) is 0.422. The molecular weight excluding hydrogens is 257 g/mol. The summed E-state index contributed by atoms with van der Waals surface area (Å²) in [6.07, 6.45) is 3.80. The maximum Gasteiger partial charge on any atom is 0.534 e. The van der Waals surface area contributed by atoms with E-state index in [-0.39, 0.29) is 11.7 Å². The molecule has 102 valence electrons. The molecule has 0 fully saturated rings. The van der Waals surface area contributed by atoms with Crippen molar-refractivity contribution in [3.05, 3.63) is 11.8 Å². The summed E-state index contributed by atoms with van der Waals surface area (Å²) in [7, 11) is -5.53. The largest absolute Gasteiger partial charge is 0.534 e. The summed E-state index contributed by atoms with van der Waals surface area (Å²) >= 11 is 0. The zero-order valence-electron chi connectivity index (χ0n) is 10.0. The third-order valence-corrected chi connectivity index (χ3v) is 3.23. The molecule has 7 heteroatoms. The van der Waals surface area contributed by atoms with Crippen LogP contribution < -0.4 is 0 Å². The molecule has 0 aromatic heterocycles. The van der Waals surface area contributed by atoms with E-state index in [2.05, 4.69) is 4.18 Å². The van der Waals surface area contributed by atoms with Gasteiger partial charge in [-0.2, -0.15) is 21.6 Å². The zero-order chi connectivity index (χ0) is 13.7. The summed E-state index contributed by atoms with van der Waals surface area (Å²) in [4.78, 5) is 0. The van der Waals surface area contributed by atoms with Gasteiger partial charge in [-0.1, -0.05) is 20.3 Å². The van der Waals surface area contributed by atoms with Crippen molar-refractivity contribution in [3.8, 4) is 0 Å². The third-order valence-electron chi connectivity index (χ3n) is 2.18. The molecule has 0 heterocycles. The highest BCUT2D eigenvalue weighted by Gasteiger charge is 2.48. The second kappa shape index (κ2) is 6.28. The van der Waals surface area contributed by atoms with Crippen LogP contribution in [0.25, 0.3) is 0 Å². The van der Waals surface area contributed by atoms with Crippen LogP contribution in [-0.2, 0) is 14.3 Å². The summed E-state index contributed by atoms with van der Waals surface area (Å²) in [5.41, 5.74) is -5.38. The molecule has 0 aromatic rings. The van der Waals surface area contributed by atoms with Crippen LogP contribution in [0.15, 0.2) is 11.8 Å². The van der Waals surface area contributed by atoms with E-state index in [1.165, 1.54) is 13.0 Å². The fourth-order valence-electron chi connectivity index (χ4n) is 1.36. The van der Waals surface area contributed by atoms with Gasteiger partial charge in [0.15, 0.2) is 0 Å². The van der Waals surface area contributed by atoms with Gasteiger partial charge in [0.2, 0.25) is 0 Å². The van der Waals surface area contributed by atoms with E-state index in [1.807, 2.05) is 13.8 Å². The minimum atomic E-state index is -5.53. The standard InChI is InChI=1S/C10H17F3O3S/c1-4-6-9(5-2)7-8(3)16-17(14,15)10(11,12)13/h7,9H,4-6H2,1-3H3/b8-7+. The molecule has 1 atom stereocenters. The smallest absolute Gasteiger partial charge is 0.381 e. The van der Waals surface area contributed by atoms with Crippen LogP contribution in [0.4, 0.5) is 13.2 Å². The molecular formula is C10H17F3O3S. The Labute approximate surface area is 99.8 Å². The highest BCUT2D eigenvalue weighted by molar-refractivity contribution is 7.87. The molecule has 0 aliphatic carbocycles. The van der Waals surface area contributed by atoms with Gasteiger partial charge in [0, 0.05) is 0 Å². The fourth-order valence-corrected chi connectivity index (χ4v) is 1.85. The predicted molar refractivity (Wildman–Crippen MR) is 58.5 cm³/mol. The normalized spacial score (nSPS) is 15.8. The number of hydrogen-bond acceptors (Lipinski definition) is 3. The van der Waals surface area contributed by atoms with Crippen molar-refractivity contribution in [2.24, 2.45) is 5.92 Å². The van der Waals surface area contributed by atoms with Crippen LogP contribution in [-0.4, -0.2) is 13.9 Å². The van der Waals surface area contributed by atoms with Gasteiger partial charge < -0.3 is 4.18 Å². The summed E-state index contributed by atoms with van der Waals surface area (Å²) in [5.74, 6) is -0.203. The van der Waals surface area contributed by atoms with Crippen LogP contribution in [0.3, 0.4) is 0 Å². The first-order valence-corrected chi connectivity index (χ1v) is 6.74. The Morgan fingerprint density at radius 3 is 2.24 bits per heavy atom. The average molecular weight is 274 g/mol.